The zero-order chi connectivity index (χ0) is 6.69. The van der Waals surface area contributed by atoms with Crippen LogP contribution in [0.25, 0.3) is 0 Å². The van der Waals surface area contributed by atoms with Gasteiger partial charge in [0.1, 0.15) is 0 Å². The van der Waals surface area contributed by atoms with E-state index in [1.165, 1.54) is 13.3 Å². The average Bonchev–Trinajstić information content (AvgIpc) is 2.37. The summed E-state index contributed by atoms with van der Waals surface area (Å²) in [6.45, 7) is 0. The molecule has 0 aliphatic rings. The summed E-state index contributed by atoms with van der Waals surface area (Å²) in [5.74, 6) is -0.483. The number of esters is 1. The Morgan fingerprint density at radius 1 is 1.80 bits per heavy atom. The van der Waals surface area contributed by atoms with Crippen molar-refractivity contribution in [3.63, 3.8) is 0 Å². The van der Waals surface area contributed by atoms with Crippen molar-refractivity contribution in [3.05, 3.63) is 11.9 Å². The molecule has 0 fully saturated rings. The van der Waals surface area contributed by atoms with Gasteiger partial charge in [0.05, 0.1) is 13.3 Å². The molecule has 1 N–H and O–H groups in total. The molecule has 0 aliphatic heterocycles. The number of aromatic nitrogens is 3. The minimum atomic E-state index is -0.483. The number of carbonyl (C=O) groups is 1. The van der Waals surface area contributed by atoms with Gasteiger partial charge in [-0.15, -0.1) is 17.5 Å². The Hall–Kier alpha value is -1.10. The molecule has 6 heteroatoms. The molecule has 1 heterocycles. The van der Waals surface area contributed by atoms with Gasteiger partial charge in [-0.3, -0.25) is 0 Å². The van der Waals surface area contributed by atoms with Gasteiger partial charge in [-0.1, -0.05) is 0 Å². The lowest BCUT2D eigenvalue weighted by Gasteiger charge is -1.88. The minimum absolute atomic E-state index is 0. The number of carbonyl (C=O) groups excluding carboxylic acids is 1. The largest absolute Gasteiger partial charge is 0.464 e. The topological polar surface area (TPSA) is 67.9 Å². The molecule has 0 aliphatic carbocycles. The summed E-state index contributed by atoms with van der Waals surface area (Å²) in [5.41, 5.74) is 0.192. The second-order valence-corrected chi connectivity index (χ2v) is 1.35. The maximum absolute atomic E-state index is 10.5. The highest BCUT2D eigenvalue weighted by Crippen LogP contribution is 1.89. The van der Waals surface area contributed by atoms with Crippen LogP contribution in [0.1, 0.15) is 10.5 Å². The summed E-state index contributed by atoms with van der Waals surface area (Å²) >= 11 is 0. The Morgan fingerprint density at radius 2 is 2.50 bits per heavy atom. The molecule has 1 rings (SSSR count). The second-order valence-electron chi connectivity index (χ2n) is 1.35. The molecule has 56 valence electrons. The van der Waals surface area contributed by atoms with Crippen LogP contribution in [0.5, 0.6) is 0 Å². The fourth-order valence-electron chi connectivity index (χ4n) is 0.405. The Bertz CT molecular complexity index is 198. The van der Waals surface area contributed by atoms with E-state index in [1.54, 1.807) is 0 Å². The molecular formula is C4H6ClN3O2. The monoisotopic (exact) mass is 163 g/mol. The zero-order valence-electron chi connectivity index (χ0n) is 5.20. The third-order valence-corrected chi connectivity index (χ3v) is 0.810. The first kappa shape index (κ1) is 8.90. The summed E-state index contributed by atoms with van der Waals surface area (Å²) in [5, 5.41) is 9.17. The van der Waals surface area contributed by atoms with Gasteiger partial charge >= 0.3 is 5.97 Å². The predicted octanol–water partition coefficient (Wildman–Crippen LogP) is 0.0131. The van der Waals surface area contributed by atoms with E-state index < -0.39 is 5.97 Å². The molecule has 0 amide bonds. The molecule has 0 atom stereocenters. The van der Waals surface area contributed by atoms with Crippen LogP contribution in [0.3, 0.4) is 0 Å². The van der Waals surface area contributed by atoms with Gasteiger partial charge in [-0.2, -0.15) is 10.3 Å². The molecule has 5 nitrogen and oxygen atoms in total. The smallest absolute Gasteiger partial charge is 0.360 e. The van der Waals surface area contributed by atoms with E-state index in [1.807, 2.05) is 0 Å². The van der Waals surface area contributed by atoms with E-state index in [9.17, 15) is 4.79 Å². The summed E-state index contributed by atoms with van der Waals surface area (Å²) < 4.78 is 4.33. The maximum Gasteiger partial charge on any atom is 0.360 e. The highest BCUT2D eigenvalue weighted by molar-refractivity contribution is 5.86. The molecule has 10 heavy (non-hydrogen) atoms. The number of nitrogens with one attached hydrogen (secondary N) is 1. The van der Waals surface area contributed by atoms with Crippen LogP contribution in [0, 0.1) is 0 Å². The number of hydrogen-bond donors (Lipinski definition) is 1. The quantitative estimate of drug-likeness (QED) is 0.593. The minimum Gasteiger partial charge on any atom is -0.464 e. The van der Waals surface area contributed by atoms with Crippen LogP contribution in [0.15, 0.2) is 6.20 Å². The molecule has 0 saturated carbocycles. The normalized spacial score (nSPS) is 8.10. The lowest BCUT2D eigenvalue weighted by atomic mass is 10.5. The molecule has 0 radical (unpaired) electrons. The highest BCUT2D eigenvalue weighted by Gasteiger charge is 2.05. The number of aromatic amines is 1. The van der Waals surface area contributed by atoms with E-state index in [0.717, 1.165) is 0 Å². The van der Waals surface area contributed by atoms with Crippen molar-refractivity contribution in [1.82, 2.24) is 15.4 Å². The predicted molar refractivity (Wildman–Crippen MR) is 35.0 cm³/mol. The van der Waals surface area contributed by atoms with Crippen molar-refractivity contribution in [3.8, 4) is 0 Å². The standard InChI is InChI=1S/C4H5N3O2.ClH/c1-9-4(8)3-2-5-7-6-3;/h2H,1H3,(H,5,6,7);1H. The van der Waals surface area contributed by atoms with Crippen molar-refractivity contribution in [1.29, 1.82) is 0 Å². The van der Waals surface area contributed by atoms with Crippen molar-refractivity contribution < 1.29 is 9.53 Å². The summed E-state index contributed by atoms with van der Waals surface area (Å²) in [4.78, 5) is 10.5. The number of nitrogens with zero attached hydrogens (tertiary/aromatic N) is 2. The summed E-state index contributed by atoms with van der Waals surface area (Å²) in [6, 6.07) is 0. The highest BCUT2D eigenvalue weighted by atomic mass is 35.5. The van der Waals surface area contributed by atoms with Crippen LogP contribution >= 0.6 is 12.4 Å². The molecule has 0 saturated heterocycles. The van der Waals surface area contributed by atoms with Gasteiger partial charge in [-0.05, 0) is 0 Å². The van der Waals surface area contributed by atoms with Crippen molar-refractivity contribution in [2.24, 2.45) is 0 Å². The van der Waals surface area contributed by atoms with E-state index in [0.29, 0.717) is 0 Å². The fourth-order valence-corrected chi connectivity index (χ4v) is 0.405. The molecule has 0 spiro atoms. The van der Waals surface area contributed by atoms with Gasteiger partial charge in [0, 0.05) is 0 Å². The third kappa shape index (κ3) is 1.70. The van der Waals surface area contributed by atoms with Crippen molar-refractivity contribution in [2.45, 2.75) is 0 Å². The zero-order valence-corrected chi connectivity index (χ0v) is 6.01. The fraction of sp³-hybridized carbons (Fsp3) is 0.250. The first-order valence-corrected chi connectivity index (χ1v) is 2.28. The third-order valence-electron chi connectivity index (χ3n) is 0.810. The lowest BCUT2D eigenvalue weighted by Crippen LogP contribution is -2.00. The first-order valence-electron chi connectivity index (χ1n) is 2.28. The maximum atomic E-state index is 10.5. The van der Waals surface area contributed by atoms with Gasteiger partial charge in [0.25, 0.3) is 0 Å². The number of ether oxygens (including phenoxy) is 1. The molecule has 0 unspecified atom stereocenters. The van der Waals surface area contributed by atoms with E-state index in [2.05, 4.69) is 20.1 Å². The Balaban J connectivity index is 0.000000810. The van der Waals surface area contributed by atoms with Gasteiger partial charge in [0.2, 0.25) is 0 Å². The summed E-state index contributed by atoms with van der Waals surface area (Å²) in [7, 11) is 1.29. The SMILES string of the molecule is COC(=O)c1cn[nH]n1.Cl. The first-order chi connectivity index (χ1) is 4.34. The Labute approximate surface area is 63.2 Å². The lowest BCUT2D eigenvalue weighted by molar-refractivity contribution is 0.0594. The number of halogens is 1. The second kappa shape index (κ2) is 3.84. The summed E-state index contributed by atoms with van der Waals surface area (Å²) in [6.07, 6.45) is 1.30. The van der Waals surface area contributed by atoms with Crippen LogP contribution < -0.4 is 0 Å². The van der Waals surface area contributed by atoms with Crippen LogP contribution in [-0.4, -0.2) is 28.5 Å². The number of H-pyrrole nitrogens is 1. The number of rotatable bonds is 1. The van der Waals surface area contributed by atoms with Crippen molar-refractivity contribution >= 4 is 18.4 Å². The number of hydrogen-bond acceptors (Lipinski definition) is 4. The van der Waals surface area contributed by atoms with Gasteiger partial charge < -0.3 is 4.74 Å². The average molecular weight is 164 g/mol. The van der Waals surface area contributed by atoms with Crippen molar-refractivity contribution in [2.75, 3.05) is 7.11 Å². The van der Waals surface area contributed by atoms with E-state index in [4.69, 9.17) is 0 Å². The molecule has 0 aromatic carbocycles. The molecule has 1 aromatic heterocycles. The van der Waals surface area contributed by atoms with Crippen LogP contribution in [-0.2, 0) is 4.74 Å². The molecular weight excluding hydrogens is 158 g/mol. The van der Waals surface area contributed by atoms with Crippen LogP contribution in [0.4, 0.5) is 0 Å². The molecule has 0 bridgehead atoms. The van der Waals surface area contributed by atoms with E-state index >= 15 is 0 Å². The Morgan fingerprint density at radius 3 is 2.90 bits per heavy atom. The van der Waals surface area contributed by atoms with Gasteiger partial charge in [0.15, 0.2) is 5.69 Å². The Kier molecular flexibility index (Phi) is 3.42. The van der Waals surface area contributed by atoms with E-state index in [-0.39, 0.29) is 18.1 Å². The molecule has 1 aromatic rings. The van der Waals surface area contributed by atoms with Crippen LogP contribution in [0.2, 0.25) is 0 Å². The number of methoxy groups -OCH3 is 1. The van der Waals surface area contributed by atoms with Gasteiger partial charge in [-0.25, -0.2) is 4.79 Å².